The molecule has 0 amide bonds. The quantitative estimate of drug-likeness (QED) is 0.498. The monoisotopic (exact) mass is 346 g/mol. The summed E-state index contributed by atoms with van der Waals surface area (Å²) in [6.07, 6.45) is 6.95. The molecule has 0 N–H and O–H groups in total. The van der Waals surface area contributed by atoms with Gasteiger partial charge in [-0.1, -0.05) is 35.4 Å². The third-order valence-electron chi connectivity index (χ3n) is 5.95. The van der Waals surface area contributed by atoms with Crippen molar-refractivity contribution in [3.05, 3.63) is 0 Å². The highest BCUT2D eigenvalue weighted by atomic mass is 127. The van der Waals surface area contributed by atoms with Gasteiger partial charge in [-0.15, -0.1) is 0 Å². The molecule has 1 spiro atoms. The van der Waals surface area contributed by atoms with Crippen LogP contribution in [0.2, 0.25) is 0 Å². The summed E-state index contributed by atoms with van der Waals surface area (Å²) in [6.45, 7) is 2.21. The van der Waals surface area contributed by atoms with E-state index in [1.54, 1.807) is 0 Å². The maximum absolute atomic E-state index is 12.4. The van der Waals surface area contributed by atoms with Crippen molar-refractivity contribution in [1.82, 2.24) is 0 Å². The summed E-state index contributed by atoms with van der Waals surface area (Å²) in [7, 11) is 0. The molecule has 5 rings (SSSR count). The number of carbonyl (C=O) groups excluding carboxylic acids is 1. The Balaban J connectivity index is 1.86. The van der Waals surface area contributed by atoms with E-state index in [-0.39, 0.29) is 17.1 Å². The van der Waals surface area contributed by atoms with Crippen LogP contribution >= 0.6 is 22.6 Å². The number of alkyl halides is 1. The van der Waals surface area contributed by atoms with E-state index < -0.39 is 0 Å². The molecule has 2 nitrogen and oxygen atoms in total. The standard InChI is InChI=1S/C14H19IO2/c1-13-11(15)6-8-9-4-2-3-5-14(9,17-13)7-10(16)12(8)13/h8-9,11-12H,2-7H2,1H3/t8-,9-,11+,12-,13?,14-/m0/s1. The van der Waals surface area contributed by atoms with Crippen molar-refractivity contribution < 1.29 is 9.53 Å². The maximum Gasteiger partial charge on any atom is 0.142 e. The van der Waals surface area contributed by atoms with Gasteiger partial charge in [0.05, 0.1) is 17.1 Å². The van der Waals surface area contributed by atoms with Crippen LogP contribution in [0.5, 0.6) is 0 Å². The molecular weight excluding hydrogens is 327 g/mol. The molecule has 3 saturated carbocycles. The van der Waals surface area contributed by atoms with Crippen molar-refractivity contribution in [3.8, 4) is 0 Å². The molecule has 0 aromatic heterocycles. The number of fused-ring (bicyclic) bond motifs is 1. The molecule has 2 aliphatic heterocycles. The van der Waals surface area contributed by atoms with E-state index in [4.69, 9.17) is 4.74 Å². The molecule has 0 aromatic rings. The predicted octanol–water partition coefficient (Wildman–Crippen LogP) is 3.12. The lowest BCUT2D eigenvalue weighted by atomic mass is 9.55. The van der Waals surface area contributed by atoms with Gasteiger partial charge in [0.1, 0.15) is 5.78 Å². The Morgan fingerprint density at radius 1 is 1.41 bits per heavy atom. The van der Waals surface area contributed by atoms with E-state index in [1.807, 2.05) is 0 Å². The lowest BCUT2D eigenvalue weighted by Gasteiger charge is -2.60. The Labute approximate surface area is 116 Å². The average Bonchev–Trinajstić information content (AvgIpc) is 2.47. The molecule has 0 aromatic carbocycles. The predicted molar refractivity (Wildman–Crippen MR) is 73.2 cm³/mol. The molecule has 2 saturated heterocycles. The lowest BCUT2D eigenvalue weighted by Crippen LogP contribution is -2.67. The topological polar surface area (TPSA) is 26.3 Å². The van der Waals surface area contributed by atoms with E-state index in [0.717, 1.165) is 12.8 Å². The normalized spacial score (nSPS) is 60.5. The highest BCUT2D eigenvalue weighted by Gasteiger charge is 2.71. The van der Waals surface area contributed by atoms with Gasteiger partial charge in [0.25, 0.3) is 0 Å². The first-order valence-electron chi connectivity index (χ1n) is 6.94. The maximum atomic E-state index is 12.4. The molecule has 2 heterocycles. The van der Waals surface area contributed by atoms with Gasteiger partial charge in [0.15, 0.2) is 0 Å². The van der Waals surface area contributed by atoms with Gasteiger partial charge in [-0.3, -0.25) is 4.79 Å². The second-order valence-electron chi connectivity index (χ2n) is 6.69. The van der Waals surface area contributed by atoms with Crippen molar-refractivity contribution in [2.45, 2.75) is 60.6 Å². The smallest absolute Gasteiger partial charge is 0.142 e. The molecule has 3 heteroatoms. The average molecular weight is 346 g/mol. The highest BCUT2D eigenvalue weighted by molar-refractivity contribution is 14.1. The van der Waals surface area contributed by atoms with Crippen LogP contribution in [0.4, 0.5) is 0 Å². The highest BCUT2D eigenvalue weighted by Crippen LogP contribution is 2.66. The van der Waals surface area contributed by atoms with E-state index in [0.29, 0.717) is 21.5 Å². The summed E-state index contributed by atoms with van der Waals surface area (Å²) in [4.78, 5) is 12.4. The van der Waals surface area contributed by atoms with Crippen LogP contribution < -0.4 is 0 Å². The lowest BCUT2D eigenvalue weighted by molar-refractivity contribution is -0.263. The van der Waals surface area contributed by atoms with Crippen molar-refractivity contribution in [3.63, 3.8) is 0 Å². The Morgan fingerprint density at radius 2 is 2.24 bits per heavy atom. The number of ether oxygens (including phenoxy) is 1. The van der Waals surface area contributed by atoms with E-state index >= 15 is 0 Å². The number of hydrogen-bond acceptors (Lipinski definition) is 2. The van der Waals surface area contributed by atoms with Crippen molar-refractivity contribution >= 4 is 28.4 Å². The number of halogens is 1. The summed E-state index contributed by atoms with van der Waals surface area (Å²) >= 11 is 2.53. The van der Waals surface area contributed by atoms with Crippen LogP contribution in [-0.4, -0.2) is 20.9 Å². The van der Waals surface area contributed by atoms with E-state index in [2.05, 4.69) is 29.5 Å². The molecule has 3 aliphatic carbocycles. The van der Waals surface area contributed by atoms with Gasteiger partial charge in [0.2, 0.25) is 0 Å². The fraction of sp³-hybridized carbons (Fsp3) is 0.929. The minimum absolute atomic E-state index is 0.0522. The first kappa shape index (κ1) is 11.2. The van der Waals surface area contributed by atoms with Gasteiger partial charge < -0.3 is 4.74 Å². The minimum Gasteiger partial charge on any atom is -0.366 e. The van der Waals surface area contributed by atoms with E-state index in [9.17, 15) is 4.79 Å². The zero-order valence-electron chi connectivity index (χ0n) is 10.2. The Kier molecular flexibility index (Phi) is 2.16. The number of carbonyl (C=O) groups is 1. The molecule has 1 unspecified atom stereocenters. The molecule has 17 heavy (non-hydrogen) atoms. The second kappa shape index (κ2) is 3.27. The first-order valence-corrected chi connectivity index (χ1v) is 8.18. The van der Waals surface area contributed by atoms with Gasteiger partial charge in [-0.25, -0.2) is 0 Å². The van der Waals surface area contributed by atoms with Crippen molar-refractivity contribution in [2.24, 2.45) is 17.8 Å². The van der Waals surface area contributed by atoms with Crippen LogP contribution in [0.3, 0.4) is 0 Å². The zero-order valence-corrected chi connectivity index (χ0v) is 12.4. The number of ketones is 1. The third-order valence-corrected chi connectivity index (χ3v) is 7.69. The number of rotatable bonds is 0. The fourth-order valence-electron chi connectivity index (χ4n) is 5.38. The third kappa shape index (κ3) is 1.18. The molecule has 5 fully saturated rings. The van der Waals surface area contributed by atoms with Crippen LogP contribution in [0.1, 0.15) is 45.4 Å². The molecular formula is C14H19IO2. The van der Waals surface area contributed by atoms with Crippen molar-refractivity contribution in [2.75, 3.05) is 0 Å². The van der Waals surface area contributed by atoms with Crippen LogP contribution in [-0.2, 0) is 9.53 Å². The van der Waals surface area contributed by atoms with Crippen LogP contribution in [0.25, 0.3) is 0 Å². The second-order valence-corrected chi connectivity index (χ2v) is 8.19. The summed E-state index contributed by atoms with van der Waals surface area (Å²) < 4.78 is 7.14. The van der Waals surface area contributed by atoms with Gasteiger partial charge in [-0.05, 0) is 38.0 Å². The Bertz CT molecular complexity index is 396. The van der Waals surface area contributed by atoms with Gasteiger partial charge in [0, 0.05) is 10.3 Å². The molecule has 4 bridgehead atoms. The number of Topliss-reactive ketones (excluding diaryl/α,β-unsaturated/α-hetero) is 1. The largest absolute Gasteiger partial charge is 0.366 e. The summed E-state index contributed by atoms with van der Waals surface area (Å²) in [5.41, 5.74) is -0.197. The zero-order chi connectivity index (χ0) is 11.8. The minimum atomic E-state index is -0.144. The molecule has 5 aliphatic rings. The molecule has 94 valence electrons. The Morgan fingerprint density at radius 3 is 3.06 bits per heavy atom. The summed E-state index contributed by atoms with van der Waals surface area (Å²) in [5, 5.41) is 0. The fourth-order valence-corrected chi connectivity index (χ4v) is 6.48. The van der Waals surface area contributed by atoms with Gasteiger partial charge >= 0.3 is 0 Å². The van der Waals surface area contributed by atoms with Crippen LogP contribution in [0.15, 0.2) is 0 Å². The molecule has 0 radical (unpaired) electrons. The van der Waals surface area contributed by atoms with Crippen molar-refractivity contribution in [1.29, 1.82) is 0 Å². The van der Waals surface area contributed by atoms with Crippen LogP contribution in [0, 0.1) is 17.8 Å². The first-order chi connectivity index (χ1) is 8.07. The number of hydrogen-bond donors (Lipinski definition) is 0. The van der Waals surface area contributed by atoms with Gasteiger partial charge in [-0.2, -0.15) is 0 Å². The SMILES string of the molecule is CC12O[C@]34CCCC[C@H]3[C@H](C[C@H]1I)[C@H]2C(=O)C4. The summed E-state index contributed by atoms with van der Waals surface area (Å²) in [5.74, 6) is 2.06. The molecule has 6 atom stereocenters. The summed E-state index contributed by atoms with van der Waals surface area (Å²) in [6, 6.07) is 0. The van der Waals surface area contributed by atoms with E-state index in [1.165, 1.54) is 25.7 Å². The Hall–Kier alpha value is 0.360.